The van der Waals surface area contributed by atoms with Crippen LogP contribution in [0.15, 0.2) is 5.38 Å². The molecule has 2 rings (SSSR count). The summed E-state index contributed by atoms with van der Waals surface area (Å²) in [5, 5.41) is 11.5. The first kappa shape index (κ1) is 12.2. The molecule has 6 heteroatoms. The highest BCUT2D eigenvalue weighted by atomic mass is 35.5. The number of carbonyl (C=O) groups is 1. The van der Waals surface area contributed by atoms with Crippen LogP contribution in [0.4, 0.5) is 0 Å². The standard InChI is InChI=1S/C10H11Cl2NO2S/c11-8-6(5-16-9(8)12)4-13-3-1-2-7(13)10(14)15/h5,7H,1-4H2,(H,14,15). The van der Waals surface area contributed by atoms with E-state index in [1.807, 2.05) is 10.3 Å². The molecule has 88 valence electrons. The Morgan fingerprint density at radius 1 is 1.62 bits per heavy atom. The van der Waals surface area contributed by atoms with Gasteiger partial charge in [-0.3, -0.25) is 9.69 Å². The van der Waals surface area contributed by atoms with Gasteiger partial charge in [-0.2, -0.15) is 0 Å². The molecule has 16 heavy (non-hydrogen) atoms. The molecule has 1 aliphatic heterocycles. The number of hydrogen-bond donors (Lipinski definition) is 1. The van der Waals surface area contributed by atoms with Gasteiger partial charge in [0.1, 0.15) is 10.4 Å². The monoisotopic (exact) mass is 279 g/mol. The summed E-state index contributed by atoms with van der Waals surface area (Å²) in [6.07, 6.45) is 1.64. The van der Waals surface area contributed by atoms with Crippen molar-refractivity contribution >= 4 is 40.5 Å². The number of thiophene rings is 1. The average molecular weight is 280 g/mol. The van der Waals surface area contributed by atoms with E-state index in [0.29, 0.717) is 22.3 Å². The molecule has 1 aliphatic rings. The largest absolute Gasteiger partial charge is 0.480 e. The van der Waals surface area contributed by atoms with Crippen LogP contribution >= 0.6 is 34.5 Å². The second kappa shape index (κ2) is 4.92. The lowest BCUT2D eigenvalue weighted by Crippen LogP contribution is -2.35. The molecule has 0 radical (unpaired) electrons. The van der Waals surface area contributed by atoms with Crippen LogP contribution < -0.4 is 0 Å². The van der Waals surface area contributed by atoms with Crippen LogP contribution in [0.2, 0.25) is 9.36 Å². The van der Waals surface area contributed by atoms with Crippen molar-refractivity contribution in [1.82, 2.24) is 4.90 Å². The second-order valence-electron chi connectivity index (χ2n) is 3.82. The molecule has 1 atom stereocenters. The van der Waals surface area contributed by atoms with E-state index >= 15 is 0 Å². The SMILES string of the molecule is O=C(O)C1CCCN1Cc1csc(Cl)c1Cl. The second-order valence-corrected chi connectivity index (χ2v) is 5.68. The van der Waals surface area contributed by atoms with Crippen LogP contribution in [0.1, 0.15) is 18.4 Å². The zero-order valence-electron chi connectivity index (χ0n) is 8.45. The highest BCUT2D eigenvalue weighted by molar-refractivity contribution is 7.15. The number of halogens is 2. The van der Waals surface area contributed by atoms with Gasteiger partial charge in [0.2, 0.25) is 0 Å². The van der Waals surface area contributed by atoms with Gasteiger partial charge in [-0.1, -0.05) is 23.2 Å². The lowest BCUT2D eigenvalue weighted by atomic mass is 10.2. The zero-order chi connectivity index (χ0) is 11.7. The van der Waals surface area contributed by atoms with E-state index in [1.54, 1.807) is 0 Å². The number of aliphatic carboxylic acids is 1. The van der Waals surface area contributed by atoms with Crippen molar-refractivity contribution in [2.45, 2.75) is 25.4 Å². The lowest BCUT2D eigenvalue weighted by Gasteiger charge is -2.20. The molecule has 1 unspecified atom stereocenters. The Labute approximate surface area is 108 Å². The minimum Gasteiger partial charge on any atom is -0.480 e. The van der Waals surface area contributed by atoms with Crippen molar-refractivity contribution in [3.05, 3.63) is 20.3 Å². The van der Waals surface area contributed by atoms with Crippen molar-refractivity contribution in [2.75, 3.05) is 6.54 Å². The molecule has 1 fully saturated rings. The quantitative estimate of drug-likeness (QED) is 0.924. The van der Waals surface area contributed by atoms with E-state index < -0.39 is 5.97 Å². The van der Waals surface area contributed by atoms with Crippen molar-refractivity contribution in [1.29, 1.82) is 0 Å². The van der Waals surface area contributed by atoms with Gasteiger partial charge >= 0.3 is 5.97 Å². The van der Waals surface area contributed by atoms with Crippen molar-refractivity contribution < 1.29 is 9.90 Å². The van der Waals surface area contributed by atoms with E-state index in [0.717, 1.165) is 18.5 Å². The van der Waals surface area contributed by atoms with E-state index in [9.17, 15) is 4.79 Å². The number of hydrogen-bond acceptors (Lipinski definition) is 3. The molecule has 0 spiro atoms. The summed E-state index contributed by atoms with van der Waals surface area (Å²) >= 11 is 13.3. The number of nitrogens with zero attached hydrogens (tertiary/aromatic N) is 1. The average Bonchev–Trinajstić information content (AvgIpc) is 2.80. The Hall–Kier alpha value is -0.290. The van der Waals surface area contributed by atoms with Crippen molar-refractivity contribution in [3.63, 3.8) is 0 Å². The Bertz CT molecular complexity index is 408. The first-order valence-electron chi connectivity index (χ1n) is 4.98. The Morgan fingerprint density at radius 3 is 2.94 bits per heavy atom. The summed E-state index contributed by atoms with van der Waals surface area (Å²) in [6, 6.07) is -0.380. The van der Waals surface area contributed by atoms with Crippen molar-refractivity contribution in [2.24, 2.45) is 0 Å². The predicted molar refractivity (Wildman–Crippen MR) is 65.4 cm³/mol. The summed E-state index contributed by atoms with van der Waals surface area (Å²) in [7, 11) is 0. The fourth-order valence-corrected chi connectivity index (χ4v) is 3.21. The fourth-order valence-electron chi connectivity index (χ4n) is 1.97. The first-order valence-corrected chi connectivity index (χ1v) is 6.61. The smallest absolute Gasteiger partial charge is 0.320 e. The molecule has 2 heterocycles. The predicted octanol–water partition coefficient (Wildman–Crippen LogP) is 3.10. The van der Waals surface area contributed by atoms with Crippen LogP contribution in [-0.2, 0) is 11.3 Å². The minimum atomic E-state index is -0.755. The van der Waals surface area contributed by atoms with E-state index in [1.165, 1.54) is 11.3 Å². The summed E-state index contributed by atoms with van der Waals surface area (Å²) in [5.41, 5.74) is 0.921. The van der Waals surface area contributed by atoms with Crippen LogP contribution in [0, 0.1) is 0 Å². The first-order chi connectivity index (χ1) is 7.59. The maximum Gasteiger partial charge on any atom is 0.320 e. The molecule has 1 saturated heterocycles. The minimum absolute atomic E-state index is 0.380. The zero-order valence-corrected chi connectivity index (χ0v) is 10.8. The summed E-state index contributed by atoms with van der Waals surface area (Å²) in [6.45, 7) is 1.37. The Morgan fingerprint density at radius 2 is 2.38 bits per heavy atom. The molecule has 0 aliphatic carbocycles. The Balaban J connectivity index is 2.09. The van der Waals surface area contributed by atoms with E-state index in [-0.39, 0.29) is 6.04 Å². The van der Waals surface area contributed by atoms with Crippen molar-refractivity contribution in [3.8, 4) is 0 Å². The fraction of sp³-hybridized carbons (Fsp3) is 0.500. The normalized spacial score (nSPS) is 21.5. The van der Waals surface area contributed by atoms with Gasteiger partial charge in [0.25, 0.3) is 0 Å². The van der Waals surface area contributed by atoms with Gasteiger partial charge in [0, 0.05) is 6.54 Å². The third kappa shape index (κ3) is 2.35. The number of likely N-dealkylation sites (tertiary alicyclic amines) is 1. The molecular formula is C10H11Cl2NO2S. The molecule has 3 nitrogen and oxygen atoms in total. The molecule has 1 aromatic rings. The van der Waals surface area contributed by atoms with Gasteiger partial charge in [-0.25, -0.2) is 0 Å². The molecule has 0 aromatic carbocycles. The van der Waals surface area contributed by atoms with Gasteiger partial charge in [-0.15, -0.1) is 11.3 Å². The molecular weight excluding hydrogens is 269 g/mol. The molecule has 1 aromatic heterocycles. The van der Waals surface area contributed by atoms with Crippen LogP contribution in [0.3, 0.4) is 0 Å². The molecule has 0 amide bonds. The third-order valence-corrected chi connectivity index (χ3v) is 4.69. The van der Waals surface area contributed by atoms with Crippen LogP contribution in [0.25, 0.3) is 0 Å². The van der Waals surface area contributed by atoms with Gasteiger partial charge in [0.15, 0.2) is 0 Å². The number of rotatable bonds is 3. The maximum atomic E-state index is 11.0. The van der Waals surface area contributed by atoms with Gasteiger partial charge < -0.3 is 5.11 Å². The topological polar surface area (TPSA) is 40.5 Å². The highest BCUT2D eigenvalue weighted by Gasteiger charge is 2.30. The summed E-state index contributed by atoms with van der Waals surface area (Å²) in [4.78, 5) is 12.9. The number of carboxylic acids is 1. The van der Waals surface area contributed by atoms with E-state index in [2.05, 4.69) is 0 Å². The Kier molecular flexibility index (Phi) is 3.74. The molecule has 1 N–H and O–H groups in total. The summed E-state index contributed by atoms with van der Waals surface area (Å²) in [5.74, 6) is -0.755. The van der Waals surface area contributed by atoms with E-state index in [4.69, 9.17) is 28.3 Å². The maximum absolute atomic E-state index is 11.0. The summed E-state index contributed by atoms with van der Waals surface area (Å²) < 4.78 is 0.572. The third-order valence-electron chi connectivity index (χ3n) is 2.78. The van der Waals surface area contributed by atoms with Gasteiger partial charge in [-0.05, 0) is 30.3 Å². The highest BCUT2D eigenvalue weighted by Crippen LogP contribution is 2.34. The lowest BCUT2D eigenvalue weighted by molar-refractivity contribution is -0.142. The van der Waals surface area contributed by atoms with Crippen LogP contribution in [-0.4, -0.2) is 28.6 Å². The molecule has 0 saturated carbocycles. The van der Waals surface area contributed by atoms with Gasteiger partial charge in [0.05, 0.1) is 5.02 Å². The number of carboxylic acid groups (broad SMARTS) is 1. The molecule has 0 bridgehead atoms. The van der Waals surface area contributed by atoms with Crippen LogP contribution in [0.5, 0.6) is 0 Å².